The molecule has 1 aromatic heterocycles. The first-order chi connectivity index (χ1) is 8.22. The molecule has 1 aliphatic rings. The van der Waals surface area contributed by atoms with E-state index in [0.29, 0.717) is 23.9 Å². The molecule has 2 heterocycles. The Morgan fingerprint density at radius 3 is 3.12 bits per heavy atom. The van der Waals surface area contributed by atoms with E-state index in [-0.39, 0.29) is 5.97 Å². The molecule has 1 aromatic rings. The Morgan fingerprint density at radius 1 is 1.59 bits per heavy atom. The van der Waals surface area contributed by atoms with Crippen molar-refractivity contribution in [3.05, 3.63) is 23.7 Å². The Bertz CT molecular complexity index is 386. The highest BCUT2D eigenvalue weighted by atomic mass is 16.5. The normalized spacial score (nSPS) is 21.4. The fourth-order valence-electron chi connectivity index (χ4n) is 2.33. The topological polar surface area (TPSA) is 42.7 Å². The van der Waals surface area contributed by atoms with Crippen LogP contribution in [0.5, 0.6) is 0 Å². The molecule has 0 saturated carbocycles. The lowest BCUT2D eigenvalue weighted by Crippen LogP contribution is -2.37. The SMILES string of the molecule is COC(=O)c1ccoc1CN1CCCC[C@H]1C. The molecule has 4 heteroatoms. The van der Waals surface area contributed by atoms with E-state index < -0.39 is 0 Å². The van der Waals surface area contributed by atoms with E-state index in [4.69, 9.17) is 9.15 Å². The summed E-state index contributed by atoms with van der Waals surface area (Å²) in [6, 6.07) is 2.23. The zero-order chi connectivity index (χ0) is 12.3. The molecule has 1 saturated heterocycles. The van der Waals surface area contributed by atoms with Gasteiger partial charge < -0.3 is 9.15 Å². The standard InChI is InChI=1S/C13H19NO3/c1-10-5-3-4-7-14(10)9-12-11(6-8-17-12)13(15)16-2/h6,8,10H,3-5,7,9H2,1-2H3/t10-/m1/s1. The lowest BCUT2D eigenvalue weighted by atomic mass is 10.0. The highest BCUT2D eigenvalue weighted by molar-refractivity contribution is 5.90. The number of piperidine rings is 1. The van der Waals surface area contributed by atoms with Crippen molar-refractivity contribution in [3.63, 3.8) is 0 Å². The van der Waals surface area contributed by atoms with E-state index >= 15 is 0 Å². The number of carbonyl (C=O) groups is 1. The number of furan rings is 1. The zero-order valence-corrected chi connectivity index (χ0v) is 10.4. The van der Waals surface area contributed by atoms with Crippen LogP contribution in [0.15, 0.2) is 16.7 Å². The van der Waals surface area contributed by atoms with Crippen molar-refractivity contribution >= 4 is 5.97 Å². The fraction of sp³-hybridized carbons (Fsp3) is 0.615. The van der Waals surface area contributed by atoms with Gasteiger partial charge in [0.1, 0.15) is 11.3 Å². The Morgan fingerprint density at radius 2 is 2.41 bits per heavy atom. The van der Waals surface area contributed by atoms with Gasteiger partial charge >= 0.3 is 5.97 Å². The number of esters is 1. The number of methoxy groups -OCH3 is 1. The van der Waals surface area contributed by atoms with Crippen molar-refractivity contribution in [3.8, 4) is 0 Å². The Labute approximate surface area is 102 Å². The molecule has 0 unspecified atom stereocenters. The second-order valence-corrected chi connectivity index (χ2v) is 4.56. The van der Waals surface area contributed by atoms with Crippen LogP contribution in [0.25, 0.3) is 0 Å². The first kappa shape index (κ1) is 12.2. The number of hydrogen-bond donors (Lipinski definition) is 0. The predicted molar refractivity (Wildman–Crippen MR) is 63.8 cm³/mol. The van der Waals surface area contributed by atoms with E-state index in [9.17, 15) is 4.79 Å². The molecule has 0 bridgehead atoms. The Balaban J connectivity index is 2.07. The quantitative estimate of drug-likeness (QED) is 0.757. The molecule has 0 radical (unpaired) electrons. The van der Waals surface area contributed by atoms with Gasteiger partial charge in [-0.25, -0.2) is 4.79 Å². The number of ether oxygens (including phenoxy) is 1. The van der Waals surface area contributed by atoms with E-state index in [1.54, 1.807) is 12.3 Å². The van der Waals surface area contributed by atoms with Crippen molar-refractivity contribution in [2.45, 2.75) is 38.8 Å². The number of rotatable bonds is 3. The van der Waals surface area contributed by atoms with Crippen LogP contribution in [0, 0.1) is 0 Å². The third-order valence-corrected chi connectivity index (χ3v) is 3.44. The minimum atomic E-state index is -0.321. The summed E-state index contributed by atoms with van der Waals surface area (Å²) < 4.78 is 10.1. The third-order valence-electron chi connectivity index (χ3n) is 3.44. The van der Waals surface area contributed by atoms with Crippen molar-refractivity contribution in [1.82, 2.24) is 4.90 Å². The number of carbonyl (C=O) groups excluding carboxylic acids is 1. The smallest absolute Gasteiger partial charge is 0.341 e. The molecule has 1 fully saturated rings. The molecule has 17 heavy (non-hydrogen) atoms. The minimum Gasteiger partial charge on any atom is -0.467 e. The highest BCUT2D eigenvalue weighted by Crippen LogP contribution is 2.21. The molecular formula is C13H19NO3. The van der Waals surface area contributed by atoms with Gasteiger partial charge in [0.05, 0.1) is 19.9 Å². The summed E-state index contributed by atoms with van der Waals surface area (Å²) in [4.78, 5) is 13.9. The average molecular weight is 237 g/mol. The van der Waals surface area contributed by atoms with E-state index in [0.717, 1.165) is 6.54 Å². The van der Waals surface area contributed by atoms with Crippen LogP contribution in [0.2, 0.25) is 0 Å². The minimum absolute atomic E-state index is 0.321. The Hall–Kier alpha value is -1.29. The first-order valence-electron chi connectivity index (χ1n) is 6.11. The molecule has 1 aliphatic heterocycles. The molecule has 0 aliphatic carbocycles. The second kappa shape index (κ2) is 5.36. The van der Waals surface area contributed by atoms with Crippen LogP contribution in [0.4, 0.5) is 0 Å². The maximum atomic E-state index is 11.5. The van der Waals surface area contributed by atoms with Crippen molar-refractivity contribution < 1.29 is 13.9 Å². The van der Waals surface area contributed by atoms with Crippen LogP contribution in [0.1, 0.15) is 42.3 Å². The van der Waals surface area contributed by atoms with E-state index in [1.165, 1.54) is 26.4 Å². The molecule has 4 nitrogen and oxygen atoms in total. The van der Waals surface area contributed by atoms with Gasteiger partial charge in [-0.15, -0.1) is 0 Å². The summed E-state index contributed by atoms with van der Waals surface area (Å²) in [6.07, 6.45) is 5.28. The number of hydrogen-bond acceptors (Lipinski definition) is 4. The van der Waals surface area contributed by atoms with Crippen molar-refractivity contribution in [1.29, 1.82) is 0 Å². The summed E-state index contributed by atoms with van der Waals surface area (Å²) in [7, 11) is 1.39. The van der Waals surface area contributed by atoms with Crippen LogP contribution in [0.3, 0.4) is 0 Å². The molecule has 1 atom stereocenters. The maximum Gasteiger partial charge on any atom is 0.341 e. The largest absolute Gasteiger partial charge is 0.467 e. The fourth-order valence-corrected chi connectivity index (χ4v) is 2.33. The number of likely N-dealkylation sites (tertiary alicyclic amines) is 1. The predicted octanol–water partition coefficient (Wildman–Crippen LogP) is 2.44. The molecule has 94 valence electrons. The van der Waals surface area contributed by atoms with Gasteiger partial charge in [-0.1, -0.05) is 6.42 Å². The zero-order valence-electron chi connectivity index (χ0n) is 10.4. The average Bonchev–Trinajstić information content (AvgIpc) is 2.79. The summed E-state index contributed by atoms with van der Waals surface area (Å²) in [6.45, 7) is 3.99. The lowest BCUT2D eigenvalue weighted by molar-refractivity contribution is 0.0594. The van der Waals surface area contributed by atoms with Crippen molar-refractivity contribution in [2.24, 2.45) is 0 Å². The third kappa shape index (κ3) is 2.69. The van der Waals surface area contributed by atoms with E-state index in [1.807, 2.05) is 0 Å². The Kier molecular flexibility index (Phi) is 3.84. The highest BCUT2D eigenvalue weighted by Gasteiger charge is 2.22. The van der Waals surface area contributed by atoms with Gasteiger partial charge in [0.2, 0.25) is 0 Å². The summed E-state index contributed by atoms with van der Waals surface area (Å²) in [5.41, 5.74) is 0.547. The monoisotopic (exact) mass is 237 g/mol. The maximum absolute atomic E-state index is 11.5. The van der Waals surface area contributed by atoms with Gasteiger partial charge in [0.15, 0.2) is 0 Å². The van der Waals surface area contributed by atoms with Gasteiger partial charge in [0.25, 0.3) is 0 Å². The van der Waals surface area contributed by atoms with Crippen LogP contribution in [-0.4, -0.2) is 30.6 Å². The van der Waals surface area contributed by atoms with Gasteiger partial charge in [0, 0.05) is 6.04 Å². The number of nitrogens with zero attached hydrogens (tertiary/aromatic N) is 1. The van der Waals surface area contributed by atoms with Gasteiger partial charge in [-0.2, -0.15) is 0 Å². The van der Waals surface area contributed by atoms with Crippen LogP contribution < -0.4 is 0 Å². The first-order valence-corrected chi connectivity index (χ1v) is 6.11. The molecule has 0 N–H and O–H groups in total. The van der Waals surface area contributed by atoms with Crippen molar-refractivity contribution in [2.75, 3.05) is 13.7 Å². The second-order valence-electron chi connectivity index (χ2n) is 4.56. The molecule has 0 spiro atoms. The molecule has 0 aromatic carbocycles. The summed E-state index contributed by atoms with van der Waals surface area (Å²) in [5.74, 6) is 0.393. The van der Waals surface area contributed by atoms with Crippen LogP contribution >= 0.6 is 0 Å². The summed E-state index contributed by atoms with van der Waals surface area (Å²) in [5, 5.41) is 0. The van der Waals surface area contributed by atoms with Crippen LogP contribution in [-0.2, 0) is 11.3 Å². The molecule has 2 rings (SSSR count). The van der Waals surface area contributed by atoms with Gasteiger partial charge in [-0.3, -0.25) is 4.90 Å². The van der Waals surface area contributed by atoms with Gasteiger partial charge in [-0.05, 0) is 32.4 Å². The molecule has 0 amide bonds. The lowest BCUT2D eigenvalue weighted by Gasteiger charge is -2.32. The van der Waals surface area contributed by atoms with E-state index in [2.05, 4.69) is 11.8 Å². The molecular weight excluding hydrogens is 218 g/mol. The summed E-state index contributed by atoms with van der Waals surface area (Å²) >= 11 is 0.